The van der Waals surface area contributed by atoms with Gasteiger partial charge in [-0.3, -0.25) is 4.90 Å². The molecule has 27 heavy (non-hydrogen) atoms. The number of benzene rings is 1. The van der Waals surface area contributed by atoms with Crippen LogP contribution in [0.4, 0.5) is 13.6 Å². The maximum absolute atomic E-state index is 13.4. The van der Waals surface area contributed by atoms with Crippen LogP contribution in [0.25, 0.3) is 0 Å². The predicted molar refractivity (Wildman–Crippen MR) is 102 cm³/mol. The second-order valence-electron chi connectivity index (χ2n) is 6.45. The summed E-state index contributed by atoms with van der Waals surface area (Å²) in [5.41, 5.74) is 1.42. The van der Waals surface area contributed by atoms with E-state index in [-0.39, 0.29) is 18.1 Å². The van der Waals surface area contributed by atoms with Crippen LogP contribution in [0.15, 0.2) is 40.9 Å². The van der Waals surface area contributed by atoms with Crippen LogP contribution in [-0.4, -0.2) is 44.3 Å². The van der Waals surface area contributed by atoms with Gasteiger partial charge in [-0.15, -0.1) is 11.3 Å². The Morgan fingerprint density at radius 2 is 1.96 bits per heavy atom. The molecule has 0 radical (unpaired) electrons. The van der Waals surface area contributed by atoms with E-state index < -0.39 is 11.6 Å². The van der Waals surface area contributed by atoms with E-state index in [0.29, 0.717) is 25.2 Å². The summed E-state index contributed by atoms with van der Waals surface area (Å²) >= 11 is 3.18. The van der Waals surface area contributed by atoms with E-state index in [2.05, 4.69) is 15.3 Å². The molecule has 2 amide bonds. The molecule has 2 aliphatic heterocycles. The van der Waals surface area contributed by atoms with Gasteiger partial charge in [0.05, 0.1) is 6.54 Å². The van der Waals surface area contributed by atoms with Gasteiger partial charge in [-0.05, 0) is 30.0 Å². The van der Waals surface area contributed by atoms with Crippen LogP contribution in [-0.2, 0) is 13.1 Å². The molecule has 4 rings (SSSR count). The minimum Gasteiger partial charge on any atom is -0.339 e. The van der Waals surface area contributed by atoms with Crippen molar-refractivity contribution >= 4 is 29.1 Å². The summed E-state index contributed by atoms with van der Waals surface area (Å²) in [6, 6.07) is 3.25. The molecule has 0 bridgehead atoms. The summed E-state index contributed by atoms with van der Waals surface area (Å²) in [6.45, 7) is 3.97. The molecule has 0 spiro atoms. The lowest BCUT2D eigenvalue weighted by Gasteiger charge is -2.33. The molecule has 1 unspecified atom stereocenters. The van der Waals surface area contributed by atoms with Crippen LogP contribution in [0.5, 0.6) is 0 Å². The molecule has 5 nitrogen and oxygen atoms in total. The Kier molecular flexibility index (Phi) is 5.05. The summed E-state index contributed by atoms with van der Waals surface area (Å²) in [5.74, 6) is -1.26. The highest BCUT2D eigenvalue weighted by Gasteiger charge is 2.39. The van der Waals surface area contributed by atoms with Crippen LogP contribution in [0.1, 0.15) is 17.5 Å². The Balaban J connectivity index is 1.46. The standard InChI is InChI=1S/C18H18F2N4OS2/c1-12-11-27-18(24(12)10-16-21-2-5-26-16)23-4-3-22(17(23)25)9-13-6-14(19)8-15(20)7-13/h2,5-8,11,18H,3-4,9-10H2,1H3. The number of amides is 2. The molecular weight excluding hydrogens is 390 g/mol. The molecule has 1 fully saturated rings. The van der Waals surface area contributed by atoms with Crippen molar-refractivity contribution < 1.29 is 13.6 Å². The number of carbonyl (C=O) groups is 1. The Morgan fingerprint density at radius 1 is 1.19 bits per heavy atom. The molecular formula is C18H18F2N4OS2. The van der Waals surface area contributed by atoms with E-state index in [4.69, 9.17) is 0 Å². The van der Waals surface area contributed by atoms with Crippen molar-refractivity contribution in [3.63, 3.8) is 0 Å². The van der Waals surface area contributed by atoms with Crippen LogP contribution in [0.3, 0.4) is 0 Å². The van der Waals surface area contributed by atoms with Gasteiger partial charge in [0.2, 0.25) is 0 Å². The fraction of sp³-hybridized carbons (Fsp3) is 0.333. The highest BCUT2D eigenvalue weighted by Crippen LogP contribution is 2.36. The summed E-state index contributed by atoms with van der Waals surface area (Å²) in [4.78, 5) is 22.8. The average Bonchev–Trinajstić information content (AvgIpc) is 3.32. The first-order valence-corrected chi connectivity index (χ1v) is 10.3. The first kappa shape index (κ1) is 18.2. The first-order chi connectivity index (χ1) is 13.0. The fourth-order valence-electron chi connectivity index (χ4n) is 3.27. The van der Waals surface area contributed by atoms with Gasteiger partial charge in [-0.1, -0.05) is 11.8 Å². The molecule has 1 aromatic carbocycles. The third-order valence-electron chi connectivity index (χ3n) is 4.56. The Labute approximate surface area is 164 Å². The zero-order chi connectivity index (χ0) is 19.0. The van der Waals surface area contributed by atoms with Crippen molar-refractivity contribution in [3.05, 3.63) is 63.1 Å². The highest BCUT2D eigenvalue weighted by molar-refractivity contribution is 8.02. The molecule has 3 heterocycles. The summed E-state index contributed by atoms with van der Waals surface area (Å²) < 4.78 is 26.8. The fourth-order valence-corrected chi connectivity index (χ4v) is 5.07. The van der Waals surface area contributed by atoms with Crippen molar-refractivity contribution in [2.24, 2.45) is 0 Å². The van der Waals surface area contributed by atoms with E-state index >= 15 is 0 Å². The quantitative estimate of drug-likeness (QED) is 0.748. The van der Waals surface area contributed by atoms with Crippen molar-refractivity contribution in [1.29, 1.82) is 0 Å². The second kappa shape index (κ2) is 7.47. The van der Waals surface area contributed by atoms with Gasteiger partial charge >= 0.3 is 6.03 Å². The van der Waals surface area contributed by atoms with E-state index in [0.717, 1.165) is 16.8 Å². The molecule has 0 saturated carbocycles. The van der Waals surface area contributed by atoms with Crippen molar-refractivity contribution in [3.8, 4) is 0 Å². The maximum Gasteiger partial charge on any atom is 0.322 e. The molecule has 1 saturated heterocycles. The SMILES string of the molecule is CC1=CSC(N2CCN(Cc3cc(F)cc(F)c3)C2=O)N1Cc1nccs1. The van der Waals surface area contributed by atoms with Gasteiger partial charge in [0, 0.05) is 43.0 Å². The molecule has 1 atom stereocenters. The largest absolute Gasteiger partial charge is 0.339 e. The number of aromatic nitrogens is 1. The monoisotopic (exact) mass is 408 g/mol. The Hall–Kier alpha value is -2.13. The second-order valence-corrected chi connectivity index (χ2v) is 8.36. The van der Waals surface area contributed by atoms with Crippen LogP contribution >= 0.6 is 23.1 Å². The number of thioether (sulfide) groups is 1. The van der Waals surface area contributed by atoms with Gasteiger partial charge in [0.15, 0.2) is 5.50 Å². The van der Waals surface area contributed by atoms with Gasteiger partial charge in [-0.25, -0.2) is 18.6 Å². The number of allylic oxidation sites excluding steroid dienone is 1. The molecule has 9 heteroatoms. The average molecular weight is 408 g/mol. The molecule has 0 N–H and O–H groups in total. The number of hydrogen-bond donors (Lipinski definition) is 0. The van der Waals surface area contributed by atoms with Crippen molar-refractivity contribution in [2.75, 3.05) is 13.1 Å². The van der Waals surface area contributed by atoms with Crippen molar-refractivity contribution in [2.45, 2.75) is 25.5 Å². The molecule has 0 aliphatic carbocycles. The van der Waals surface area contributed by atoms with Gasteiger partial charge in [0.25, 0.3) is 0 Å². The Bertz CT molecular complexity index is 854. The number of urea groups is 1. The summed E-state index contributed by atoms with van der Waals surface area (Å²) in [6.07, 6.45) is 1.78. The lowest BCUT2D eigenvalue weighted by Crippen LogP contribution is -2.45. The summed E-state index contributed by atoms with van der Waals surface area (Å²) in [5, 5.41) is 4.98. The zero-order valence-corrected chi connectivity index (χ0v) is 16.3. The van der Waals surface area contributed by atoms with Gasteiger partial charge < -0.3 is 9.80 Å². The molecule has 2 aliphatic rings. The van der Waals surface area contributed by atoms with E-state index in [1.165, 1.54) is 12.1 Å². The minimum atomic E-state index is -0.630. The lowest BCUT2D eigenvalue weighted by molar-refractivity contribution is 0.149. The number of nitrogens with zero attached hydrogens (tertiary/aromatic N) is 4. The number of halogens is 2. The molecule has 2 aromatic rings. The van der Waals surface area contributed by atoms with Crippen molar-refractivity contribution in [1.82, 2.24) is 19.7 Å². The molecule has 142 valence electrons. The zero-order valence-electron chi connectivity index (χ0n) is 14.6. The Morgan fingerprint density at radius 3 is 2.67 bits per heavy atom. The van der Waals surface area contributed by atoms with E-state index in [1.54, 1.807) is 39.1 Å². The summed E-state index contributed by atoms with van der Waals surface area (Å²) in [7, 11) is 0. The van der Waals surface area contributed by atoms with E-state index in [9.17, 15) is 13.6 Å². The van der Waals surface area contributed by atoms with Gasteiger partial charge in [0.1, 0.15) is 16.6 Å². The van der Waals surface area contributed by atoms with Crippen LogP contribution in [0.2, 0.25) is 0 Å². The number of hydrogen-bond acceptors (Lipinski definition) is 5. The minimum absolute atomic E-state index is 0.121. The normalized spacial score (nSPS) is 20.0. The maximum atomic E-state index is 13.4. The topological polar surface area (TPSA) is 39.7 Å². The highest BCUT2D eigenvalue weighted by atomic mass is 32.2. The van der Waals surface area contributed by atoms with Crippen LogP contribution in [0, 0.1) is 11.6 Å². The van der Waals surface area contributed by atoms with E-state index in [1.807, 2.05) is 12.3 Å². The lowest BCUT2D eigenvalue weighted by atomic mass is 10.2. The first-order valence-electron chi connectivity index (χ1n) is 8.49. The number of rotatable bonds is 5. The van der Waals surface area contributed by atoms with Crippen LogP contribution < -0.4 is 0 Å². The number of thiazole rings is 1. The molecule has 1 aromatic heterocycles. The third-order valence-corrected chi connectivity index (χ3v) is 6.55. The third kappa shape index (κ3) is 3.79. The van der Waals surface area contributed by atoms with Gasteiger partial charge in [-0.2, -0.15) is 0 Å². The predicted octanol–water partition coefficient (Wildman–Crippen LogP) is 4.05. The number of carbonyl (C=O) groups excluding carboxylic acids is 1. The smallest absolute Gasteiger partial charge is 0.322 e.